The second-order valence-electron chi connectivity index (χ2n) is 2.69. The fourth-order valence-corrected chi connectivity index (χ4v) is 2.16. The summed E-state index contributed by atoms with van der Waals surface area (Å²) in [5, 5.41) is 0.526. The molecule has 0 atom stereocenters. The van der Waals surface area contributed by atoms with Crippen molar-refractivity contribution >= 4 is 27.4 Å². The van der Waals surface area contributed by atoms with Gasteiger partial charge in [0.1, 0.15) is 4.88 Å². The highest BCUT2D eigenvalue weighted by atomic mass is 32.1. The predicted molar refractivity (Wildman–Crippen MR) is 53.8 cm³/mol. The van der Waals surface area contributed by atoms with Crippen LogP contribution in [-0.2, 0) is 4.74 Å². The lowest BCUT2D eigenvalue weighted by atomic mass is 10.3. The molecule has 0 aliphatic heterocycles. The van der Waals surface area contributed by atoms with E-state index in [1.165, 1.54) is 18.4 Å². The summed E-state index contributed by atoms with van der Waals surface area (Å²) >= 11 is 1.25. The summed E-state index contributed by atoms with van der Waals surface area (Å²) in [6.07, 6.45) is 1.56. The number of fused-ring (bicyclic) bond motifs is 1. The van der Waals surface area contributed by atoms with Crippen LogP contribution >= 0.6 is 11.3 Å². The van der Waals surface area contributed by atoms with Gasteiger partial charge in [-0.15, -0.1) is 11.3 Å². The maximum atomic E-state index is 11.3. The summed E-state index contributed by atoms with van der Waals surface area (Å²) in [5.74, 6) is -0.411. The van der Waals surface area contributed by atoms with Crippen molar-refractivity contribution in [1.82, 2.24) is 4.98 Å². The van der Waals surface area contributed by atoms with E-state index in [1.807, 2.05) is 0 Å². The van der Waals surface area contributed by atoms with E-state index in [9.17, 15) is 9.59 Å². The number of aromatic nitrogens is 1. The summed E-state index contributed by atoms with van der Waals surface area (Å²) in [5.41, 5.74) is -0.186. The van der Waals surface area contributed by atoms with Crippen molar-refractivity contribution in [3.05, 3.63) is 33.6 Å². The Balaban J connectivity index is 2.68. The van der Waals surface area contributed by atoms with E-state index in [0.29, 0.717) is 10.3 Å². The molecule has 0 aliphatic carbocycles. The van der Waals surface area contributed by atoms with Gasteiger partial charge in [-0.1, -0.05) is 0 Å². The van der Waals surface area contributed by atoms with E-state index in [1.54, 1.807) is 18.3 Å². The van der Waals surface area contributed by atoms with Crippen molar-refractivity contribution in [3.63, 3.8) is 0 Å². The molecule has 2 heterocycles. The van der Waals surface area contributed by atoms with Gasteiger partial charge in [0.25, 0.3) is 5.56 Å². The average molecular weight is 209 g/mol. The molecule has 72 valence electrons. The van der Waals surface area contributed by atoms with Gasteiger partial charge >= 0.3 is 5.97 Å². The van der Waals surface area contributed by atoms with Gasteiger partial charge in [0, 0.05) is 10.9 Å². The number of H-pyrrole nitrogens is 1. The minimum absolute atomic E-state index is 0.186. The van der Waals surface area contributed by atoms with Crippen molar-refractivity contribution in [2.75, 3.05) is 7.11 Å². The number of thiophene rings is 1. The van der Waals surface area contributed by atoms with E-state index in [-0.39, 0.29) is 5.56 Å². The van der Waals surface area contributed by atoms with E-state index in [4.69, 9.17) is 0 Å². The highest BCUT2D eigenvalue weighted by Crippen LogP contribution is 2.22. The van der Waals surface area contributed by atoms with Crippen LogP contribution in [-0.4, -0.2) is 18.1 Å². The molecule has 0 fully saturated rings. The third-order valence-electron chi connectivity index (χ3n) is 1.84. The Hall–Kier alpha value is -1.62. The quantitative estimate of drug-likeness (QED) is 0.722. The van der Waals surface area contributed by atoms with Crippen LogP contribution in [0.5, 0.6) is 0 Å². The summed E-state index contributed by atoms with van der Waals surface area (Å²) in [6, 6.07) is 3.30. The molecule has 2 rings (SSSR count). The van der Waals surface area contributed by atoms with Crippen LogP contribution in [0.15, 0.2) is 23.1 Å². The molecule has 14 heavy (non-hydrogen) atoms. The van der Waals surface area contributed by atoms with Crippen LogP contribution in [0.2, 0.25) is 0 Å². The molecule has 2 aromatic heterocycles. The Morgan fingerprint density at radius 2 is 2.36 bits per heavy atom. The van der Waals surface area contributed by atoms with E-state index in [2.05, 4.69) is 9.72 Å². The molecule has 0 saturated heterocycles. The lowest BCUT2D eigenvalue weighted by Crippen LogP contribution is -2.02. The minimum Gasteiger partial charge on any atom is -0.465 e. The van der Waals surface area contributed by atoms with Crippen molar-refractivity contribution in [2.45, 2.75) is 0 Å². The molecule has 0 amide bonds. The summed E-state index contributed by atoms with van der Waals surface area (Å²) in [7, 11) is 1.32. The molecule has 5 heteroatoms. The van der Waals surface area contributed by atoms with E-state index < -0.39 is 5.97 Å². The first-order valence-electron chi connectivity index (χ1n) is 3.92. The van der Waals surface area contributed by atoms with Crippen molar-refractivity contribution in [3.8, 4) is 0 Å². The lowest BCUT2D eigenvalue weighted by molar-refractivity contribution is 0.0606. The fourth-order valence-electron chi connectivity index (χ4n) is 1.18. The Labute approximate surface area is 83.1 Å². The third-order valence-corrected chi connectivity index (χ3v) is 2.92. The largest absolute Gasteiger partial charge is 0.465 e. The van der Waals surface area contributed by atoms with E-state index in [0.717, 1.165) is 4.70 Å². The Morgan fingerprint density at radius 1 is 1.57 bits per heavy atom. The molecule has 0 aromatic carbocycles. The highest BCUT2D eigenvalue weighted by molar-refractivity contribution is 7.20. The van der Waals surface area contributed by atoms with Crippen molar-refractivity contribution < 1.29 is 9.53 Å². The third kappa shape index (κ3) is 1.31. The number of ether oxygens (including phenoxy) is 1. The first-order chi connectivity index (χ1) is 6.72. The number of pyridine rings is 1. The molecule has 4 nitrogen and oxygen atoms in total. The standard InChI is InChI=1S/C9H7NO3S/c1-13-9(12)7-4-5-6(14-7)2-3-10-8(5)11/h2-4H,1H3,(H,10,11). The second kappa shape index (κ2) is 3.26. The molecule has 0 aliphatic rings. The Morgan fingerprint density at radius 3 is 3.00 bits per heavy atom. The highest BCUT2D eigenvalue weighted by Gasteiger charge is 2.11. The smallest absolute Gasteiger partial charge is 0.348 e. The summed E-state index contributed by atoms with van der Waals surface area (Å²) in [4.78, 5) is 25.5. The first kappa shape index (κ1) is 8.96. The topological polar surface area (TPSA) is 59.2 Å². The first-order valence-corrected chi connectivity index (χ1v) is 4.73. The van der Waals surface area contributed by atoms with Gasteiger partial charge in [-0.05, 0) is 12.1 Å². The number of methoxy groups -OCH3 is 1. The van der Waals surface area contributed by atoms with Gasteiger partial charge in [0.05, 0.1) is 12.5 Å². The Kier molecular flexibility index (Phi) is 2.09. The van der Waals surface area contributed by atoms with Gasteiger partial charge < -0.3 is 9.72 Å². The number of carbonyl (C=O) groups excluding carboxylic acids is 1. The zero-order valence-corrected chi connectivity index (χ0v) is 8.18. The summed E-state index contributed by atoms with van der Waals surface area (Å²) in [6.45, 7) is 0. The zero-order valence-electron chi connectivity index (χ0n) is 7.37. The molecule has 2 aromatic rings. The Bertz CT molecular complexity index is 540. The number of aromatic amines is 1. The summed E-state index contributed by atoms with van der Waals surface area (Å²) < 4.78 is 5.35. The van der Waals surface area contributed by atoms with Gasteiger partial charge in [0.2, 0.25) is 0 Å². The predicted octanol–water partition coefficient (Wildman–Crippen LogP) is 1.38. The number of hydrogen-bond acceptors (Lipinski definition) is 4. The maximum Gasteiger partial charge on any atom is 0.348 e. The van der Waals surface area contributed by atoms with Crippen LogP contribution in [0.4, 0.5) is 0 Å². The minimum atomic E-state index is -0.411. The lowest BCUT2D eigenvalue weighted by Gasteiger charge is -1.90. The molecular weight excluding hydrogens is 202 g/mol. The zero-order chi connectivity index (χ0) is 10.1. The maximum absolute atomic E-state index is 11.3. The van der Waals surface area contributed by atoms with Crippen LogP contribution in [0.3, 0.4) is 0 Å². The average Bonchev–Trinajstić information content (AvgIpc) is 2.62. The van der Waals surface area contributed by atoms with Crippen LogP contribution in [0, 0.1) is 0 Å². The molecule has 0 saturated carbocycles. The second-order valence-corrected chi connectivity index (χ2v) is 3.77. The molecule has 0 bridgehead atoms. The number of rotatable bonds is 1. The number of carbonyl (C=O) groups is 1. The molecule has 1 N–H and O–H groups in total. The fraction of sp³-hybridized carbons (Fsp3) is 0.111. The van der Waals surface area contributed by atoms with Gasteiger partial charge in [-0.2, -0.15) is 0 Å². The number of esters is 1. The SMILES string of the molecule is COC(=O)c1cc2c(=O)[nH]ccc2s1. The van der Waals surface area contributed by atoms with Gasteiger partial charge in [-0.25, -0.2) is 4.79 Å². The van der Waals surface area contributed by atoms with Crippen LogP contribution in [0.1, 0.15) is 9.67 Å². The molecular formula is C9H7NO3S. The monoisotopic (exact) mass is 209 g/mol. The number of hydrogen-bond donors (Lipinski definition) is 1. The normalized spacial score (nSPS) is 10.4. The van der Waals surface area contributed by atoms with Crippen molar-refractivity contribution in [2.24, 2.45) is 0 Å². The molecule has 0 radical (unpaired) electrons. The van der Waals surface area contributed by atoms with Gasteiger partial charge in [-0.3, -0.25) is 4.79 Å². The van der Waals surface area contributed by atoms with E-state index >= 15 is 0 Å². The molecule has 0 unspecified atom stereocenters. The van der Waals surface area contributed by atoms with Crippen LogP contribution in [0.25, 0.3) is 10.1 Å². The van der Waals surface area contributed by atoms with Crippen molar-refractivity contribution in [1.29, 1.82) is 0 Å². The number of nitrogens with one attached hydrogen (secondary N) is 1. The van der Waals surface area contributed by atoms with Crippen LogP contribution < -0.4 is 5.56 Å². The molecule has 0 spiro atoms. The van der Waals surface area contributed by atoms with Gasteiger partial charge in [0.15, 0.2) is 0 Å².